The average molecular weight is 413 g/mol. The quantitative estimate of drug-likeness (QED) is 0.475. The molecule has 4 heterocycles. The molecule has 0 aliphatic carbocycles. The molecule has 9 heteroatoms. The van der Waals surface area contributed by atoms with Crippen molar-refractivity contribution in [2.45, 2.75) is 20.5 Å². The van der Waals surface area contributed by atoms with Crippen molar-refractivity contribution in [1.82, 2.24) is 29.0 Å². The molecular formula is C22H19N7O2. The van der Waals surface area contributed by atoms with Crippen LogP contribution in [0.2, 0.25) is 0 Å². The van der Waals surface area contributed by atoms with E-state index in [1.54, 1.807) is 22.7 Å². The van der Waals surface area contributed by atoms with Crippen LogP contribution in [0.3, 0.4) is 0 Å². The summed E-state index contributed by atoms with van der Waals surface area (Å²) in [6.07, 6.45) is 3.86. The summed E-state index contributed by atoms with van der Waals surface area (Å²) in [4.78, 5) is 25.7. The first kappa shape index (κ1) is 18.7. The van der Waals surface area contributed by atoms with Gasteiger partial charge in [-0.15, -0.1) is 5.10 Å². The van der Waals surface area contributed by atoms with Gasteiger partial charge in [0.2, 0.25) is 5.82 Å². The lowest BCUT2D eigenvalue weighted by atomic mass is 10.3. The number of rotatable bonds is 5. The number of carbonyl (C=O) groups excluding carboxylic acids is 1. The van der Waals surface area contributed by atoms with E-state index in [9.17, 15) is 4.79 Å². The van der Waals surface area contributed by atoms with E-state index < -0.39 is 5.91 Å². The lowest BCUT2D eigenvalue weighted by Gasteiger charge is -2.07. The summed E-state index contributed by atoms with van der Waals surface area (Å²) in [5.41, 5.74) is 3.93. The number of anilines is 1. The van der Waals surface area contributed by atoms with Crippen molar-refractivity contribution in [3.05, 3.63) is 83.8 Å². The Morgan fingerprint density at radius 2 is 1.97 bits per heavy atom. The molecule has 31 heavy (non-hydrogen) atoms. The van der Waals surface area contributed by atoms with Crippen LogP contribution in [0.15, 0.2) is 60.9 Å². The molecule has 0 radical (unpaired) electrons. The zero-order valence-electron chi connectivity index (χ0n) is 17.0. The highest BCUT2D eigenvalue weighted by Crippen LogP contribution is 2.19. The number of amides is 1. The molecule has 5 aromatic rings. The summed E-state index contributed by atoms with van der Waals surface area (Å²) >= 11 is 0. The molecule has 0 atom stereocenters. The van der Waals surface area contributed by atoms with E-state index >= 15 is 0 Å². The lowest BCUT2D eigenvalue weighted by molar-refractivity contribution is 0.101. The summed E-state index contributed by atoms with van der Waals surface area (Å²) in [7, 11) is 0. The fourth-order valence-corrected chi connectivity index (χ4v) is 3.33. The SMILES string of the molecule is Cc1cc(C)n2nc(C(=O)Nc3cccc(OCc4cn5ccccc5n4)c3)nc2n1. The van der Waals surface area contributed by atoms with Gasteiger partial charge in [-0.25, -0.2) is 14.5 Å². The molecular weight excluding hydrogens is 394 g/mol. The number of fused-ring (bicyclic) bond motifs is 2. The van der Waals surface area contributed by atoms with Crippen LogP contribution in [0.5, 0.6) is 5.75 Å². The second-order valence-electron chi connectivity index (χ2n) is 7.16. The van der Waals surface area contributed by atoms with Crippen LogP contribution >= 0.6 is 0 Å². The predicted octanol–water partition coefficient (Wildman–Crippen LogP) is 3.22. The minimum Gasteiger partial charge on any atom is -0.487 e. The number of hydrogen-bond acceptors (Lipinski definition) is 6. The number of benzene rings is 1. The summed E-state index contributed by atoms with van der Waals surface area (Å²) in [5.74, 6) is 0.649. The molecule has 0 aliphatic heterocycles. The van der Waals surface area contributed by atoms with Crippen LogP contribution in [-0.4, -0.2) is 34.9 Å². The molecule has 0 saturated heterocycles. The molecule has 1 aromatic carbocycles. The number of nitrogens with zero attached hydrogens (tertiary/aromatic N) is 6. The summed E-state index contributed by atoms with van der Waals surface area (Å²) in [5, 5.41) is 7.07. The molecule has 0 bridgehead atoms. The van der Waals surface area contributed by atoms with Gasteiger partial charge in [-0.1, -0.05) is 12.1 Å². The van der Waals surface area contributed by atoms with Crippen LogP contribution in [0.4, 0.5) is 5.69 Å². The first-order valence-electron chi connectivity index (χ1n) is 9.73. The van der Waals surface area contributed by atoms with Crippen molar-refractivity contribution >= 4 is 23.0 Å². The van der Waals surface area contributed by atoms with Crippen molar-refractivity contribution in [2.75, 3.05) is 5.32 Å². The predicted molar refractivity (Wildman–Crippen MR) is 114 cm³/mol. The second kappa shape index (κ2) is 7.52. The highest BCUT2D eigenvalue weighted by atomic mass is 16.5. The molecule has 0 spiro atoms. The van der Waals surface area contributed by atoms with E-state index in [0.717, 1.165) is 22.7 Å². The Hall–Kier alpha value is -4.27. The van der Waals surface area contributed by atoms with Crippen LogP contribution in [-0.2, 0) is 6.61 Å². The van der Waals surface area contributed by atoms with Crippen molar-refractivity contribution in [2.24, 2.45) is 0 Å². The Kier molecular flexibility index (Phi) is 4.55. The Morgan fingerprint density at radius 1 is 1.06 bits per heavy atom. The van der Waals surface area contributed by atoms with E-state index in [1.165, 1.54) is 0 Å². The Balaban J connectivity index is 1.29. The fourth-order valence-electron chi connectivity index (χ4n) is 3.33. The number of ether oxygens (including phenoxy) is 1. The van der Waals surface area contributed by atoms with Crippen LogP contribution in [0.1, 0.15) is 27.7 Å². The maximum Gasteiger partial charge on any atom is 0.295 e. The Labute approximate surface area is 177 Å². The highest BCUT2D eigenvalue weighted by Gasteiger charge is 2.15. The third-order valence-electron chi connectivity index (χ3n) is 4.71. The van der Waals surface area contributed by atoms with E-state index in [4.69, 9.17) is 4.74 Å². The van der Waals surface area contributed by atoms with Crippen LogP contribution < -0.4 is 10.1 Å². The monoisotopic (exact) mass is 413 g/mol. The number of hydrogen-bond donors (Lipinski definition) is 1. The van der Waals surface area contributed by atoms with Crippen molar-refractivity contribution in [3.63, 3.8) is 0 Å². The van der Waals surface area contributed by atoms with E-state index in [0.29, 0.717) is 23.8 Å². The molecule has 1 amide bonds. The smallest absolute Gasteiger partial charge is 0.295 e. The van der Waals surface area contributed by atoms with Crippen LogP contribution in [0.25, 0.3) is 11.4 Å². The van der Waals surface area contributed by atoms with Gasteiger partial charge in [0.15, 0.2) is 0 Å². The summed E-state index contributed by atoms with van der Waals surface area (Å²) < 4.78 is 9.35. The minimum atomic E-state index is -0.417. The van der Waals surface area contributed by atoms with Gasteiger partial charge < -0.3 is 14.5 Å². The van der Waals surface area contributed by atoms with Gasteiger partial charge in [0.05, 0.1) is 5.69 Å². The third kappa shape index (κ3) is 3.80. The highest BCUT2D eigenvalue weighted by molar-refractivity contribution is 6.01. The van der Waals surface area contributed by atoms with Crippen LogP contribution in [0, 0.1) is 13.8 Å². The number of carbonyl (C=O) groups is 1. The van der Waals surface area contributed by atoms with E-state index in [2.05, 4.69) is 25.4 Å². The van der Waals surface area contributed by atoms with Gasteiger partial charge in [0.1, 0.15) is 18.0 Å². The van der Waals surface area contributed by atoms with Gasteiger partial charge in [-0.05, 0) is 44.2 Å². The molecule has 0 saturated carbocycles. The fraction of sp³-hybridized carbons (Fsp3) is 0.136. The number of nitrogens with one attached hydrogen (secondary N) is 1. The van der Waals surface area contributed by atoms with E-state index in [-0.39, 0.29) is 5.82 Å². The number of imidazole rings is 1. The largest absolute Gasteiger partial charge is 0.487 e. The molecule has 4 aromatic heterocycles. The van der Waals surface area contributed by atoms with Crippen molar-refractivity contribution < 1.29 is 9.53 Å². The van der Waals surface area contributed by atoms with Crippen molar-refractivity contribution in [1.29, 1.82) is 0 Å². The summed E-state index contributed by atoms with van der Waals surface area (Å²) in [6, 6.07) is 14.9. The molecule has 0 fully saturated rings. The number of pyridine rings is 1. The molecule has 0 unspecified atom stereocenters. The molecule has 9 nitrogen and oxygen atoms in total. The second-order valence-corrected chi connectivity index (χ2v) is 7.16. The third-order valence-corrected chi connectivity index (χ3v) is 4.71. The molecule has 154 valence electrons. The lowest BCUT2D eigenvalue weighted by Crippen LogP contribution is -2.14. The number of aryl methyl sites for hydroxylation is 2. The molecule has 1 N–H and O–H groups in total. The maximum atomic E-state index is 12.6. The molecule has 5 rings (SSSR count). The van der Waals surface area contributed by atoms with Gasteiger partial charge in [0.25, 0.3) is 11.7 Å². The Bertz CT molecular complexity index is 1390. The van der Waals surface area contributed by atoms with Gasteiger partial charge in [-0.2, -0.15) is 4.98 Å². The minimum absolute atomic E-state index is 0.0530. The van der Waals surface area contributed by atoms with Crippen molar-refractivity contribution in [3.8, 4) is 5.75 Å². The van der Waals surface area contributed by atoms with E-state index in [1.807, 2.05) is 61.0 Å². The average Bonchev–Trinajstić information content (AvgIpc) is 3.36. The van der Waals surface area contributed by atoms with Gasteiger partial charge in [0, 0.05) is 35.5 Å². The topological polar surface area (TPSA) is 98.7 Å². The van der Waals surface area contributed by atoms with Gasteiger partial charge >= 0.3 is 0 Å². The maximum absolute atomic E-state index is 12.6. The first-order valence-corrected chi connectivity index (χ1v) is 9.73. The number of aromatic nitrogens is 6. The summed E-state index contributed by atoms with van der Waals surface area (Å²) in [6.45, 7) is 4.08. The molecule has 0 aliphatic rings. The zero-order chi connectivity index (χ0) is 21.4. The normalized spacial score (nSPS) is 11.2. The Morgan fingerprint density at radius 3 is 2.84 bits per heavy atom. The zero-order valence-corrected chi connectivity index (χ0v) is 17.0. The van der Waals surface area contributed by atoms with Gasteiger partial charge in [-0.3, -0.25) is 4.79 Å². The first-order chi connectivity index (χ1) is 15.0. The standard InChI is InChI=1S/C22H19N7O2/c1-14-10-15(2)29-22(23-14)26-20(27-29)21(30)25-16-6-5-7-18(11-16)31-13-17-12-28-9-4-3-8-19(28)24-17/h3-12H,13H2,1-2H3,(H,25,30).